The number of benzene rings is 4. The molecular weight excluding hydrogens is 987 g/mol. The molecule has 6 aromatic rings. The molecule has 21 heteroatoms. The third-order valence-corrected chi connectivity index (χ3v) is 19.2. The zero-order chi connectivity index (χ0) is 50.3. The average molecular weight is 1040 g/mol. The lowest BCUT2D eigenvalue weighted by Crippen LogP contribution is -2.42. The van der Waals surface area contributed by atoms with Crippen molar-refractivity contribution in [2.45, 2.75) is 65.6 Å². The summed E-state index contributed by atoms with van der Waals surface area (Å²) in [5, 5.41) is 6.88. The van der Waals surface area contributed by atoms with Crippen LogP contribution in [0.15, 0.2) is 130 Å². The fourth-order valence-electron chi connectivity index (χ4n) is 8.56. The van der Waals surface area contributed by atoms with Crippen LogP contribution < -0.4 is 31.6 Å². The molecule has 2 aliphatic heterocycles. The zero-order valence-corrected chi connectivity index (χ0v) is 42.3. The van der Waals surface area contributed by atoms with Gasteiger partial charge < -0.3 is 41.2 Å². The number of methoxy groups -OCH3 is 2. The van der Waals surface area contributed by atoms with Gasteiger partial charge in [-0.2, -0.15) is 8.61 Å². The Labute approximate surface area is 421 Å². The van der Waals surface area contributed by atoms with Crippen LogP contribution in [-0.2, 0) is 37.9 Å². The number of anilines is 2. The summed E-state index contributed by atoms with van der Waals surface area (Å²) in [7, 11) is -4.70. The molecule has 2 aliphatic rings. The van der Waals surface area contributed by atoms with Crippen LogP contribution in [-0.4, -0.2) is 101 Å². The maximum Gasteiger partial charge on any atom is 0.254 e. The number of para-hydroxylation sites is 2. The summed E-state index contributed by atoms with van der Waals surface area (Å²) in [6, 6.07) is 34.1. The number of carbonyl (C=O) groups is 3. The smallest absolute Gasteiger partial charge is 0.254 e. The second kappa shape index (κ2) is 22.4. The van der Waals surface area contributed by atoms with Crippen LogP contribution in [0, 0.1) is 0 Å². The van der Waals surface area contributed by atoms with Gasteiger partial charge in [0.15, 0.2) is 0 Å². The Balaban J connectivity index is 0.986. The Morgan fingerprint density at radius 3 is 1.76 bits per heavy atom. The van der Waals surface area contributed by atoms with Gasteiger partial charge in [-0.15, -0.1) is 22.7 Å². The fourth-order valence-corrected chi connectivity index (χ4v) is 14.5. The van der Waals surface area contributed by atoms with Crippen molar-refractivity contribution in [2.75, 3.05) is 51.0 Å². The molecule has 8 rings (SSSR count). The van der Waals surface area contributed by atoms with Gasteiger partial charge in [0.2, 0.25) is 18.1 Å². The van der Waals surface area contributed by atoms with Crippen LogP contribution in [0.3, 0.4) is 0 Å². The van der Waals surface area contributed by atoms with Crippen LogP contribution in [0.4, 0.5) is 11.4 Å². The maximum absolute atomic E-state index is 14.7. The van der Waals surface area contributed by atoms with Gasteiger partial charge in [-0.3, -0.25) is 14.4 Å². The fraction of sp³-hybridized carbons (Fsp3) is 0.300. The Hall–Kier alpha value is -6.33. The highest BCUT2D eigenvalue weighted by Crippen LogP contribution is 2.34. The number of ether oxygens (including phenoxy) is 3. The number of thiophene rings is 2. The minimum Gasteiger partial charge on any atom is -0.495 e. The van der Waals surface area contributed by atoms with Crippen molar-refractivity contribution in [3.63, 3.8) is 0 Å². The van der Waals surface area contributed by atoms with Crippen LogP contribution in [0.25, 0.3) is 0 Å². The van der Waals surface area contributed by atoms with Crippen molar-refractivity contribution in [1.29, 1.82) is 0 Å². The predicted molar refractivity (Wildman–Crippen MR) is 273 cm³/mol. The molecular formula is C50H55N7O10S4. The standard InChI is InChI=1S/C50H55N7O10S4/c1-65-44-15-4-3-14-43(44)54-38-22-26-57(27-23-38)71(63,64)46-19-17-42(69-46)32-55(49(60)35-10-7-13-40(30-35)67-50(66-2)36-11-5-8-33(28-36)47(51)58)31-41-16-18-45(68-41)70(61,62)56-24-20-37(21-25-56)53-39-12-6-9-34(29-39)48(52)59/h3-19,28-30,37-38,50,53-54H,20-27,31-32H2,1-2H3,(H2,51,58)(H2,52,59). The molecule has 2 saturated heterocycles. The van der Waals surface area contributed by atoms with E-state index in [1.807, 2.05) is 30.3 Å². The zero-order valence-electron chi connectivity index (χ0n) is 39.1. The monoisotopic (exact) mass is 1040 g/mol. The minimum atomic E-state index is -3.89. The molecule has 1 unspecified atom stereocenters. The molecule has 0 aliphatic carbocycles. The summed E-state index contributed by atoms with van der Waals surface area (Å²) in [4.78, 5) is 41.0. The van der Waals surface area contributed by atoms with E-state index in [1.54, 1.807) is 103 Å². The van der Waals surface area contributed by atoms with Crippen LogP contribution in [0.1, 0.15) is 78.4 Å². The first-order valence-electron chi connectivity index (χ1n) is 22.8. The van der Waals surface area contributed by atoms with Gasteiger partial charge in [0.1, 0.15) is 19.9 Å². The number of hydrogen-bond donors (Lipinski definition) is 4. The number of sulfonamides is 2. The van der Waals surface area contributed by atoms with Crippen LogP contribution in [0.2, 0.25) is 0 Å². The van der Waals surface area contributed by atoms with E-state index in [0.717, 1.165) is 34.0 Å². The lowest BCUT2D eigenvalue weighted by molar-refractivity contribution is -0.0563. The van der Waals surface area contributed by atoms with Gasteiger partial charge >= 0.3 is 0 Å². The number of rotatable bonds is 20. The van der Waals surface area contributed by atoms with E-state index >= 15 is 0 Å². The predicted octanol–water partition coefficient (Wildman–Crippen LogP) is 7.11. The Kier molecular flexibility index (Phi) is 16.1. The lowest BCUT2D eigenvalue weighted by Gasteiger charge is -2.32. The van der Waals surface area contributed by atoms with Gasteiger partial charge in [-0.1, -0.05) is 36.4 Å². The molecule has 4 heterocycles. The van der Waals surface area contributed by atoms with E-state index in [-0.39, 0.29) is 57.8 Å². The third kappa shape index (κ3) is 12.2. The highest BCUT2D eigenvalue weighted by Gasteiger charge is 2.33. The van der Waals surface area contributed by atoms with Gasteiger partial charge in [0.05, 0.1) is 25.9 Å². The first kappa shape index (κ1) is 51.0. The highest BCUT2D eigenvalue weighted by molar-refractivity contribution is 7.91. The first-order valence-corrected chi connectivity index (χ1v) is 27.3. The largest absolute Gasteiger partial charge is 0.495 e. The molecule has 2 fully saturated rings. The molecule has 3 amide bonds. The van der Waals surface area contributed by atoms with Crippen molar-refractivity contribution in [1.82, 2.24) is 13.5 Å². The second-order valence-electron chi connectivity index (χ2n) is 17.1. The van der Waals surface area contributed by atoms with Gasteiger partial charge in [0, 0.05) is 83.1 Å². The number of carbonyl (C=O) groups excluding carboxylic acids is 3. The number of hydrogen-bond acceptors (Lipinski definition) is 14. The molecule has 6 N–H and O–H groups in total. The van der Waals surface area contributed by atoms with Crippen molar-refractivity contribution in [2.24, 2.45) is 11.5 Å². The quantitative estimate of drug-likeness (QED) is 0.0561. The number of primary amides is 2. The summed E-state index contributed by atoms with van der Waals surface area (Å²) in [5.74, 6) is -0.561. The summed E-state index contributed by atoms with van der Waals surface area (Å²) in [6.07, 6.45) is 1.30. The van der Waals surface area contributed by atoms with Crippen molar-refractivity contribution in [3.8, 4) is 11.5 Å². The number of nitrogens with one attached hydrogen (secondary N) is 2. The normalized spacial score (nSPS) is 15.7. The van der Waals surface area contributed by atoms with E-state index in [9.17, 15) is 31.2 Å². The van der Waals surface area contributed by atoms with E-state index in [1.165, 1.54) is 15.7 Å². The van der Waals surface area contributed by atoms with E-state index in [2.05, 4.69) is 10.6 Å². The van der Waals surface area contributed by atoms with Crippen LogP contribution >= 0.6 is 22.7 Å². The summed E-state index contributed by atoms with van der Waals surface area (Å²) in [6.45, 7) is 1.20. The Morgan fingerprint density at radius 1 is 0.648 bits per heavy atom. The highest BCUT2D eigenvalue weighted by atomic mass is 32.3. The average Bonchev–Trinajstić information content (AvgIpc) is 4.07. The van der Waals surface area contributed by atoms with Gasteiger partial charge in [0.25, 0.3) is 26.0 Å². The molecule has 17 nitrogen and oxygen atoms in total. The molecule has 4 aromatic carbocycles. The minimum absolute atomic E-state index is 0.00771. The molecule has 0 saturated carbocycles. The van der Waals surface area contributed by atoms with Crippen molar-refractivity contribution in [3.05, 3.63) is 153 Å². The van der Waals surface area contributed by atoms with Gasteiger partial charge in [-0.25, -0.2) is 16.8 Å². The summed E-state index contributed by atoms with van der Waals surface area (Å²) in [5.41, 5.74) is 14.0. The molecule has 0 radical (unpaired) electrons. The van der Waals surface area contributed by atoms with E-state index < -0.39 is 44.1 Å². The number of amides is 3. The SMILES string of the molecule is COc1ccccc1NC1CCN(S(=O)(=O)c2ccc(CN(Cc3ccc(S(=O)(=O)N4CCC(Nc5cccc(C(N)=O)c5)CC4)s3)C(=O)c3cccc(OC(OC)c4cccc(C(N)=O)c4)c3)s2)CC1. The third-order valence-electron chi connectivity index (χ3n) is 12.3. The number of nitrogens with two attached hydrogens (primary N) is 2. The topological polar surface area (TPSA) is 233 Å². The number of piperidine rings is 2. The molecule has 1 atom stereocenters. The summed E-state index contributed by atoms with van der Waals surface area (Å²) < 4.78 is 76.7. The molecule has 2 aromatic heterocycles. The lowest BCUT2D eigenvalue weighted by atomic mass is 10.1. The van der Waals surface area contributed by atoms with Crippen molar-refractivity contribution >= 4 is 71.8 Å². The first-order chi connectivity index (χ1) is 34.1. The van der Waals surface area contributed by atoms with Gasteiger partial charge in [-0.05, 0) is 111 Å². The Morgan fingerprint density at radius 2 is 1.18 bits per heavy atom. The van der Waals surface area contributed by atoms with Crippen molar-refractivity contribution < 1.29 is 45.4 Å². The molecule has 374 valence electrons. The molecule has 0 bridgehead atoms. The maximum atomic E-state index is 14.7. The number of nitrogens with zero attached hydrogens (tertiary/aromatic N) is 3. The van der Waals surface area contributed by atoms with E-state index in [0.29, 0.717) is 71.2 Å². The summed E-state index contributed by atoms with van der Waals surface area (Å²) >= 11 is 2.16. The molecule has 71 heavy (non-hydrogen) atoms. The van der Waals surface area contributed by atoms with Crippen LogP contribution in [0.5, 0.6) is 11.5 Å². The second-order valence-corrected chi connectivity index (χ2v) is 23.8. The van der Waals surface area contributed by atoms with E-state index in [4.69, 9.17) is 25.7 Å². The Bertz CT molecular complexity index is 3090. The molecule has 0 spiro atoms.